The molecule has 0 bridgehead atoms. The zero-order valence-corrected chi connectivity index (χ0v) is 14.5. The second kappa shape index (κ2) is 10.5. The molecule has 0 atom stereocenters. The van der Waals surface area contributed by atoms with Crippen molar-refractivity contribution in [2.75, 3.05) is 31.4 Å². The van der Waals surface area contributed by atoms with Crippen LogP contribution in [0.25, 0.3) is 0 Å². The van der Waals surface area contributed by atoms with E-state index in [4.69, 9.17) is 15.2 Å². The van der Waals surface area contributed by atoms with E-state index in [1.54, 1.807) is 7.11 Å². The molecule has 0 saturated heterocycles. The highest BCUT2D eigenvalue weighted by molar-refractivity contribution is 5.90. The lowest BCUT2D eigenvalue weighted by molar-refractivity contribution is -0.116. The van der Waals surface area contributed by atoms with Gasteiger partial charge in [0.2, 0.25) is 5.91 Å². The van der Waals surface area contributed by atoms with Gasteiger partial charge in [-0.3, -0.25) is 4.79 Å². The number of nitrogens with two attached hydrogens (primary N) is 1. The number of methoxy groups -OCH3 is 1. The number of para-hydroxylation sites is 1. The van der Waals surface area contributed by atoms with Gasteiger partial charge in [-0.25, -0.2) is 0 Å². The molecule has 24 heavy (non-hydrogen) atoms. The molecular weight excluding hydrogens is 328 g/mol. The van der Waals surface area contributed by atoms with Crippen LogP contribution in [0, 0.1) is 0 Å². The number of benzene rings is 2. The number of hydrogen-bond donors (Lipinski definition) is 2. The molecule has 0 radical (unpaired) electrons. The third kappa shape index (κ3) is 6.48. The molecule has 2 rings (SSSR count). The van der Waals surface area contributed by atoms with E-state index in [-0.39, 0.29) is 18.3 Å². The number of hydrogen-bond acceptors (Lipinski definition) is 4. The van der Waals surface area contributed by atoms with Crippen LogP contribution in [0.1, 0.15) is 12.0 Å². The molecule has 0 aliphatic carbocycles. The van der Waals surface area contributed by atoms with Crippen LogP contribution in [0.15, 0.2) is 48.5 Å². The van der Waals surface area contributed by atoms with Crippen molar-refractivity contribution in [2.45, 2.75) is 12.8 Å². The van der Waals surface area contributed by atoms with Crippen LogP contribution in [0.4, 0.5) is 11.4 Å². The molecule has 0 saturated carbocycles. The maximum atomic E-state index is 12.0. The van der Waals surface area contributed by atoms with Gasteiger partial charge in [0.25, 0.3) is 0 Å². The SMILES string of the molecule is COCCOc1ccc(NC(=O)CCc2ccccc2N)cc1.Cl. The number of amides is 1. The number of carbonyl (C=O) groups is 1. The molecule has 0 heterocycles. The van der Waals surface area contributed by atoms with Crippen molar-refractivity contribution in [3.63, 3.8) is 0 Å². The number of halogens is 1. The number of rotatable bonds is 8. The van der Waals surface area contributed by atoms with Gasteiger partial charge in [0.15, 0.2) is 0 Å². The van der Waals surface area contributed by atoms with Gasteiger partial charge in [-0.05, 0) is 42.3 Å². The van der Waals surface area contributed by atoms with E-state index >= 15 is 0 Å². The van der Waals surface area contributed by atoms with Gasteiger partial charge in [0, 0.05) is 24.9 Å². The third-order valence-electron chi connectivity index (χ3n) is 3.37. The predicted octanol–water partition coefficient (Wildman–Crippen LogP) is 3.29. The summed E-state index contributed by atoms with van der Waals surface area (Å²) in [5.41, 5.74) is 8.33. The van der Waals surface area contributed by atoms with E-state index in [2.05, 4.69) is 5.32 Å². The number of nitrogen functional groups attached to an aromatic ring is 1. The Balaban J connectivity index is 0.00000288. The summed E-state index contributed by atoms with van der Waals surface area (Å²) in [5, 5.41) is 2.87. The molecule has 5 nitrogen and oxygen atoms in total. The summed E-state index contributed by atoms with van der Waals surface area (Å²) < 4.78 is 10.4. The largest absolute Gasteiger partial charge is 0.491 e. The average Bonchev–Trinajstić information content (AvgIpc) is 2.56. The Hall–Kier alpha value is -2.24. The van der Waals surface area contributed by atoms with Crippen LogP contribution >= 0.6 is 12.4 Å². The van der Waals surface area contributed by atoms with Crippen LogP contribution in [0.3, 0.4) is 0 Å². The summed E-state index contributed by atoms with van der Waals surface area (Å²) in [6.07, 6.45) is 1.01. The fourth-order valence-electron chi connectivity index (χ4n) is 2.11. The Kier molecular flexibility index (Phi) is 8.68. The molecule has 2 aromatic rings. The Morgan fingerprint density at radius 3 is 2.46 bits per heavy atom. The first-order chi connectivity index (χ1) is 11.2. The summed E-state index contributed by atoms with van der Waals surface area (Å²) in [7, 11) is 1.63. The first kappa shape index (κ1) is 19.8. The highest BCUT2D eigenvalue weighted by Crippen LogP contribution is 2.17. The zero-order chi connectivity index (χ0) is 16.5. The number of nitrogens with one attached hydrogen (secondary N) is 1. The highest BCUT2D eigenvalue weighted by Gasteiger charge is 2.05. The van der Waals surface area contributed by atoms with Crippen LogP contribution in [0.2, 0.25) is 0 Å². The molecule has 0 unspecified atom stereocenters. The van der Waals surface area contributed by atoms with Crippen molar-refractivity contribution < 1.29 is 14.3 Å². The van der Waals surface area contributed by atoms with Crippen LogP contribution in [0.5, 0.6) is 5.75 Å². The quantitative estimate of drug-likeness (QED) is 0.566. The first-order valence-corrected chi connectivity index (χ1v) is 7.54. The standard InChI is InChI=1S/C18H22N2O3.ClH/c1-22-12-13-23-16-9-7-15(8-10-16)20-18(21)11-6-14-4-2-3-5-17(14)19;/h2-5,7-10H,6,11-13,19H2,1H3,(H,20,21);1H. The number of anilines is 2. The van der Waals surface area contributed by atoms with Gasteiger partial charge < -0.3 is 20.5 Å². The van der Waals surface area contributed by atoms with E-state index in [9.17, 15) is 4.79 Å². The molecule has 3 N–H and O–H groups in total. The molecule has 0 aliphatic heterocycles. The van der Waals surface area contributed by atoms with Crippen molar-refractivity contribution >= 4 is 29.7 Å². The van der Waals surface area contributed by atoms with Gasteiger partial charge in [-0.2, -0.15) is 0 Å². The molecule has 2 aromatic carbocycles. The van der Waals surface area contributed by atoms with E-state index in [0.717, 1.165) is 22.7 Å². The zero-order valence-electron chi connectivity index (χ0n) is 13.7. The van der Waals surface area contributed by atoms with E-state index in [1.165, 1.54) is 0 Å². The molecule has 0 aliphatic rings. The lowest BCUT2D eigenvalue weighted by atomic mass is 10.1. The Morgan fingerprint density at radius 2 is 1.79 bits per heavy atom. The van der Waals surface area contributed by atoms with Gasteiger partial charge in [0.1, 0.15) is 12.4 Å². The van der Waals surface area contributed by atoms with Crippen LogP contribution < -0.4 is 15.8 Å². The summed E-state index contributed by atoms with van der Waals surface area (Å²) in [5.74, 6) is 0.707. The maximum Gasteiger partial charge on any atom is 0.224 e. The molecule has 6 heteroatoms. The molecule has 0 aromatic heterocycles. The van der Waals surface area contributed by atoms with Crippen molar-refractivity contribution in [3.05, 3.63) is 54.1 Å². The Bertz CT molecular complexity index is 632. The Morgan fingerprint density at radius 1 is 1.08 bits per heavy atom. The third-order valence-corrected chi connectivity index (χ3v) is 3.37. The van der Waals surface area contributed by atoms with Crippen molar-refractivity contribution in [3.8, 4) is 5.75 Å². The molecule has 130 valence electrons. The Labute approximate surface area is 148 Å². The van der Waals surface area contributed by atoms with Crippen LogP contribution in [-0.4, -0.2) is 26.2 Å². The van der Waals surface area contributed by atoms with Gasteiger partial charge in [0.05, 0.1) is 6.61 Å². The van der Waals surface area contributed by atoms with Crippen molar-refractivity contribution in [1.29, 1.82) is 0 Å². The van der Waals surface area contributed by atoms with Gasteiger partial charge >= 0.3 is 0 Å². The highest BCUT2D eigenvalue weighted by atomic mass is 35.5. The fourth-order valence-corrected chi connectivity index (χ4v) is 2.11. The predicted molar refractivity (Wildman–Crippen MR) is 98.9 cm³/mol. The summed E-state index contributed by atoms with van der Waals surface area (Å²) in [4.78, 5) is 12.0. The molecule has 1 amide bonds. The first-order valence-electron chi connectivity index (χ1n) is 7.54. The minimum absolute atomic E-state index is 0. The molecule has 0 spiro atoms. The smallest absolute Gasteiger partial charge is 0.224 e. The van der Waals surface area contributed by atoms with Crippen LogP contribution in [-0.2, 0) is 16.0 Å². The van der Waals surface area contributed by atoms with Crippen molar-refractivity contribution in [1.82, 2.24) is 0 Å². The van der Waals surface area contributed by atoms with Gasteiger partial charge in [-0.15, -0.1) is 12.4 Å². The number of carbonyl (C=O) groups excluding carboxylic acids is 1. The van der Waals surface area contributed by atoms with E-state index in [1.807, 2.05) is 48.5 Å². The summed E-state index contributed by atoms with van der Waals surface area (Å²) in [6.45, 7) is 1.04. The normalized spacial score (nSPS) is 9.88. The molecule has 0 fully saturated rings. The van der Waals surface area contributed by atoms with Gasteiger partial charge in [-0.1, -0.05) is 18.2 Å². The monoisotopic (exact) mass is 350 g/mol. The summed E-state index contributed by atoms with van der Waals surface area (Å²) in [6, 6.07) is 14.9. The number of ether oxygens (including phenoxy) is 2. The fraction of sp³-hybridized carbons (Fsp3) is 0.278. The van der Waals surface area contributed by atoms with E-state index in [0.29, 0.717) is 26.1 Å². The average molecular weight is 351 g/mol. The number of aryl methyl sites for hydroxylation is 1. The minimum atomic E-state index is -0.0405. The summed E-state index contributed by atoms with van der Waals surface area (Å²) >= 11 is 0. The minimum Gasteiger partial charge on any atom is -0.491 e. The topological polar surface area (TPSA) is 73.6 Å². The molecular formula is C18H23ClN2O3. The second-order valence-corrected chi connectivity index (χ2v) is 5.11. The van der Waals surface area contributed by atoms with Crippen molar-refractivity contribution in [2.24, 2.45) is 0 Å². The lowest BCUT2D eigenvalue weighted by Gasteiger charge is -2.09. The lowest BCUT2D eigenvalue weighted by Crippen LogP contribution is -2.12. The van der Waals surface area contributed by atoms with E-state index < -0.39 is 0 Å². The second-order valence-electron chi connectivity index (χ2n) is 5.11. The maximum absolute atomic E-state index is 12.0.